The van der Waals surface area contributed by atoms with Gasteiger partial charge in [0, 0.05) is 23.6 Å². The Morgan fingerprint density at radius 3 is 2.41 bits per heavy atom. The van der Waals surface area contributed by atoms with Crippen molar-refractivity contribution in [3.8, 4) is 0 Å². The van der Waals surface area contributed by atoms with E-state index in [-0.39, 0.29) is 29.4 Å². The van der Waals surface area contributed by atoms with Crippen LogP contribution in [0.3, 0.4) is 0 Å². The minimum absolute atomic E-state index is 0.00841. The Bertz CT molecular complexity index is 1130. The fourth-order valence-electron chi connectivity index (χ4n) is 2.52. The Labute approximate surface area is 177 Å². The molecule has 2 N–H and O–H groups in total. The van der Waals surface area contributed by atoms with Crippen LogP contribution in [0.15, 0.2) is 70.9 Å². The number of amides is 1. The second-order valence-electron chi connectivity index (χ2n) is 6.09. The van der Waals surface area contributed by atoms with Gasteiger partial charge in [-0.3, -0.25) is 14.3 Å². The van der Waals surface area contributed by atoms with E-state index in [9.17, 15) is 18.0 Å². The number of hydrogen-bond acceptors (Lipinski definition) is 5. The first kappa shape index (κ1) is 21.0. The maximum Gasteiger partial charge on any atom is 0.261 e. The molecule has 0 saturated carbocycles. The molecule has 0 fully saturated rings. The first-order valence-electron chi connectivity index (χ1n) is 8.58. The molecular weight excluding hydrogens is 432 g/mol. The van der Waals surface area contributed by atoms with Gasteiger partial charge in [0.1, 0.15) is 0 Å². The molecule has 3 aromatic rings. The third kappa shape index (κ3) is 5.90. The summed E-state index contributed by atoms with van der Waals surface area (Å²) in [5.74, 6) is -0.468. The van der Waals surface area contributed by atoms with Crippen LogP contribution < -0.4 is 10.0 Å². The van der Waals surface area contributed by atoms with Gasteiger partial charge in [-0.2, -0.15) is 0 Å². The van der Waals surface area contributed by atoms with Gasteiger partial charge in [-0.25, -0.2) is 8.42 Å². The first-order valence-corrected chi connectivity index (χ1v) is 11.3. The van der Waals surface area contributed by atoms with E-state index in [2.05, 4.69) is 10.0 Å². The smallest absolute Gasteiger partial charge is 0.261 e. The number of thiophene rings is 1. The highest BCUT2D eigenvalue weighted by atomic mass is 35.5. The van der Waals surface area contributed by atoms with Crippen LogP contribution in [0.25, 0.3) is 0 Å². The molecule has 1 heterocycles. The van der Waals surface area contributed by atoms with E-state index in [1.807, 2.05) is 0 Å². The number of Topliss-reactive ketones (excluding diaryl/α,β-unsaturated/α-hetero) is 1. The lowest BCUT2D eigenvalue weighted by Gasteiger charge is -2.10. The molecule has 1 amide bonds. The van der Waals surface area contributed by atoms with E-state index in [0.717, 1.165) is 0 Å². The number of rotatable bonds is 8. The largest absolute Gasteiger partial charge is 0.326 e. The normalized spacial score (nSPS) is 11.1. The Hall–Kier alpha value is -2.68. The van der Waals surface area contributed by atoms with Gasteiger partial charge in [-0.1, -0.05) is 29.8 Å². The maximum atomic E-state index is 12.6. The van der Waals surface area contributed by atoms with Crippen LogP contribution in [0, 0.1) is 0 Å². The number of hydrogen-bond donors (Lipinski definition) is 2. The summed E-state index contributed by atoms with van der Waals surface area (Å²) in [7, 11) is -3.86. The van der Waals surface area contributed by atoms with Gasteiger partial charge in [0.05, 0.1) is 15.5 Å². The van der Waals surface area contributed by atoms with Crippen LogP contribution >= 0.6 is 22.9 Å². The summed E-state index contributed by atoms with van der Waals surface area (Å²) in [6.07, 6.45) is 0.0924. The quantitative estimate of drug-likeness (QED) is 0.484. The summed E-state index contributed by atoms with van der Waals surface area (Å²) in [5, 5.41) is 4.84. The first-order chi connectivity index (χ1) is 13.8. The number of halogens is 1. The van der Waals surface area contributed by atoms with Gasteiger partial charge >= 0.3 is 0 Å². The molecule has 0 atom stereocenters. The molecule has 0 spiro atoms. The molecule has 0 unspecified atom stereocenters. The molecule has 9 heteroatoms. The summed E-state index contributed by atoms with van der Waals surface area (Å²) in [6.45, 7) is 0. The molecule has 29 heavy (non-hydrogen) atoms. The third-order valence-corrected chi connectivity index (χ3v) is 6.41. The van der Waals surface area contributed by atoms with E-state index < -0.39 is 10.0 Å². The van der Waals surface area contributed by atoms with E-state index >= 15 is 0 Å². The van der Waals surface area contributed by atoms with Gasteiger partial charge in [0.15, 0.2) is 5.78 Å². The summed E-state index contributed by atoms with van der Waals surface area (Å²) in [6, 6.07) is 15.7. The molecule has 150 valence electrons. The minimum Gasteiger partial charge on any atom is -0.326 e. The summed E-state index contributed by atoms with van der Waals surface area (Å²) < 4.78 is 27.6. The van der Waals surface area contributed by atoms with E-state index in [1.54, 1.807) is 41.8 Å². The lowest BCUT2D eigenvalue weighted by molar-refractivity contribution is -0.116. The highest BCUT2D eigenvalue weighted by Gasteiger charge is 2.16. The van der Waals surface area contributed by atoms with E-state index in [4.69, 9.17) is 11.6 Å². The lowest BCUT2D eigenvalue weighted by atomic mass is 10.2. The monoisotopic (exact) mass is 448 g/mol. The predicted octanol–water partition coefficient (Wildman–Crippen LogP) is 4.80. The highest BCUT2D eigenvalue weighted by molar-refractivity contribution is 7.92. The Kier molecular flexibility index (Phi) is 6.68. The van der Waals surface area contributed by atoms with Crippen LogP contribution in [0.2, 0.25) is 5.02 Å². The SMILES string of the molecule is O=C(CCC(=O)c1cccs1)Nc1cccc(S(=O)(=O)Nc2cccc(Cl)c2)c1. The Morgan fingerprint density at radius 1 is 0.931 bits per heavy atom. The van der Waals surface area contributed by atoms with Gasteiger partial charge < -0.3 is 5.32 Å². The van der Waals surface area contributed by atoms with Crippen molar-refractivity contribution in [2.24, 2.45) is 0 Å². The number of carbonyl (C=O) groups is 2. The number of sulfonamides is 1. The Balaban J connectivity index is 1.64. The van der Waals surface area contributed by atoms with Gasteiger partial charge in [0.25, 0.3) is 10.0 Å². The minimum atomic E-state index is -3.86. The molecule has 0 radical (unpaired) electrons. The number of carbonyl (C=O) groups excluding carboxylic acids is 2. The molecule has 6 nitrogen and oxygen atoms in total. The van der Waals surface area contributed by atoms with Crippen LogP contribution in [0.1, 0.15) is 22.5 Å². The predicted molar refractivity (Wildman–Crippen MR) is 115 cm³/mol. The average Bonchev–Trinajstić information content (AvgIpc) is 3.21. The van der Waals surface area contributed by atoms with Crippen LogP contribution in [-0.2, 0) is 14.8 Å². The number of benzene rings is 2. The fourth-order valence-corrected chi connectivity index (χ4v) is 4.50. The van der Waals surface area contributed by atoms with E-state index in [0.29, 0.717) is 21.3 Å². The van der Waals surface area contributed by atoms with Crippen molar-refractivity contribution in [1.29, 1.82) is 0 Å². The molecule has 3 rings (SSSR count). The topological polar surface area (TPSA) is 92.3 Å². The summed E-state index contributed by atoms with van der Waals surface area (Å²) in [5.41, 5.74) is 0.659. The zero-order valence-electron chi connectivity index (χ0n) is 15.1. The van der Waals surface area contributed by atoms with Crippen LogP contribution in [0.4, 0.5) is 11.4 Å². The second-order valence-corrected chi connectivity index (χ2v) is 9.16. The number of anilines is 2. The van der Waals surface area contributed by atoms with Gasteiger partial charge in [0.2, 0.25) is 5.91 Å². The molecule has 0 saturated heterocycles. The lowest BCUT2D eigenvalue weighted by Crippen LogP contribution is -2.15. The molecular formula is C20H17ClN2O4S2. The standard InChI is InChI=1S/C20H17ClN2O4S2/c21-14-4-1-6-16(12-14)23-29(26,27)17-7-2-5-15(13-17)22-20(25)10-9-18(24)19-8-3-11-28-19/h1-8,11-13,23H,9-10H2,(H,22,25). The number of ketones is 1. The molecule has 0 aliphatic rings. The zero-order valence-corrected chi connectivity index (χ0v) is 17.5. The maximum absolute atomic E-state index is 12.6. The summed E-state index contributed by atoms with van der Waals surface area (Å²) >= 11 is 7.21. The number of nitrogens with one attached hydrogen (secondary N) is 2. The highest BCUT2D eigenvalue weighted by Crippen LogP contribution is 2.21. The van der Waals surface area contributed by atoms with Crippen molar-refractivity contribution < 1.29 is 18.0 Å². The van der Waals surface area contributed by atoms with Crippen molar-refractivity contribution >= 4 is 56.0 Å². The molecule has 2 aromatic carbocycles. The van der Waals surface area contributed by atoms with Crippen LogP contribution in [0.5, 0.6) is 0 Å². The van der Waals surface area contributed by atoms with Crippen molar-refractivity contribution in [3.63, 3.8) is 0 Å². The Morgan fingerprint density at radius 2 is 1.69 bits per heavy atom. The second kappa shape index (κ2) is 9.21. The van der Waals surface area contributed by atoms with Gasteiger partial charge in [-0.15, -0.1) is 11.3 Å². The molecule has 0 bridgehead atoms. The molecule has 0 aliphatic carbocycles. The molecule has 1 aromatic heterocycles. The van der Waals surface area contributed by atoms with Crippen molar-refractivity contribution in [1.82, 2.24) is 0 Å². The zero-order chi connectivity index (χ0) is 20.9. The van der Waals surface area contributed by atoms with Gasteiger partial charge in [-0.05, 0) is 47.8 Å². The van der Waals surface area contributed by atoms with Crippen LogP contribution in [-0.4, -0.2) is 20.1 Å². The summed E-state index contributed by atoms with van der Waals surface area (Å²) in [4.78, 5) is 24.7. The third-order valence-electron chi connectivity index (χ3n) is 3.88. The average molecular weight is 449 g/mol. The molecule has 0 aliphatic heterocycles. The fraction of sp³-hybridized carbons (Fsp3) is 0.100. The van der Waals surface area contributed by atoms with Crippen molar-refractivity contribution in [2.75, 3.05) is 10.0 Å². The van der Waals surface area contributed by atoms with Crippen molar-refractivity contribution in [2.45, 2.75) is 17.7 Å². The van der Waals surface area contributed by atoms with Crippen molar-refractivity contribution in [3.05, 3.63) is 75.9 Å². The van der Waals surface area contributed by atoms with E-state index in [1.165, 1.54) is 35.6 Å².